The molecule has 33 heavy (non-hydrogen) atoms. The van der Waals surface area contributed by atoms with Crippen LogP contribution in [0.1, 0.15) is 22.5 Å². The Bertz CT molecular complexity index is 1250. The van der Waals surface area contributed by atoms with Crippen LogP contribution in [0.5, 0.6) is 0 Å². The van der Waals surface area contributed by atoms with E-state index in [1.807, 2.05) is 66.1 Å². The van der Waals surface area contributed by atoms with E-state index in [4.69, 9.17) is 11.6 Å². The van der Waals surface area contributed by atoms with E-state index in [0.29, 0.717) is 28.8 Å². The third kappa shape index (κ3) is 6.21. The molecule has 0 atom stereocenters. The minimum absolute atomic E-state index is 0.125. The molecule has 0 unspecified atom stereocenters. The molecule has 168 valence electrons. The minimum atomic E-state index is -0.392. The average molecular weight is 481 g/mol. The standard InChI is InChI=1S/C25H22ClFN4OS/c1-17-7-12-21(27)14-22(17)28-24(32)16-33-25-30-29-23(13-18-5-3-2-4-6-18)31(25)15-19-8-10-20(26)11-9-19/h2-12,14H,13,15-16H2,1H3,(H,28,32). The molecule has 4 aromatic rings. The molecule has 4 rings (SSSR count). The Morgan fingerprint density at radius 3 is 2.55 bits per heavy atom. The van der Waals surface area contributed by atoms with Crippen LogP contribution in [0.3, 0.4) is 0 Å². The fourth-order valence-electron chi connectivity index (χ4n) is 3.31. The van der Waals surface area contributed by atoms with Gasteiger partial charge in [-0.15, -0.1) is 10.2 Å². The number of aryl methyl sites for hydroxylation is 1. The predicted molar refractivity (Wildman–Crippen MR) is 130 cm³/mol. The zero-order valence-electron chi connectivity index (χ0n) is 18.0. The molecule has 5 nitrogen and oxygen atoms in total. The Morgan fingerprint density at radius 1 is 1.03 bits per heavy atom. The number of carbonyl (C=O) groups excluding carboxylic acids is 1. The number of hydrogen-bond donors (Lipinski definition) is 1. The summed E-state index contributed by atoms with van der Waals surface area (Å²) in [5.41, 5.74) is 3.44. The van der Waals surface area contributed by atoms with Gasteiger partial charge in [0.25, 0.3) is 0 Å². The number of nitrogens with one attached hydrogen (secondary N) is 1. The lowest BCUT2D eigenvalue weighted by Crippen LogP contribution is -2.16. The Hall–Kier alpha value is -3.16. The summed E-state index contributed by atoms with van der Waals surface area (Å²) in [4.78, 5) is 12.5. The van der Waals surface area contributed by atoms with Gasteiger partial charge in [0.15, 0.2) is 5.16 Å². The van der Waals surface area contributed by atoms with Crippen LogP contribution in [-0.4, -0.2) is 26.4 Å². The summed E-state index contributed by atoms with van der Waals surface area (Å²) in [7, 11) is 0. The van der Waals surface area contributed by atoms with Gasteiger partial charge < -0.3 is 9.88 Å². The van der Waals surface area contributed by atoms with Gasteiger partial charge in [0.1, 0.15) is 11.6 Å². The van der Waals surface area contributed by atoms with E-state index in [1.54, 1.807) is 6.07 Å². The largest absolute Gasteiger partial charge is 0.325 e. The molecule has 0 bridgehead atoms. The maximum absolute atomic E-state index is 13.5. The van der Waals surface area contributed by atoms with Crippen LogP contribution in [0, 0.1) is 12.7 Å². The molecule has 0 saturated heterocycles. The third-order valence-corrected chi connectivity index (χ3v) is 6.28. The van der Waals surface area contributed by atoms with Crippen molar-refractivity contribution in [2.24, 2.45) is 0 Å². The summed E-state index contributed by atoms with van der Waals surface area (Å²) in [5.74, 6) is 0.302. The molecule has 3 aromatic carbocycles. The number of rotatable bonds is 8. The van der Waals surface area contributed by atoms with E-state index in [1.165, 1.54) is 23.9 Å². The van der Waals surface area contributed by atoms with Crippen molar-refractivity contribution in [2.45, 2.75) is 25.0 Å². The average Bonchev–Trinajstić information content (AvgIpc) is 3.18. The second-order valence-corrected chi connectivity index (χ2v) is 8.95. The summed E-state index contributed by atoms with van der Waals surface area (Å²) >= 11 is 7.33. The number of amides is 1. The van der Waals surface area contributed by atoms with Crippen molar-refractivity contribution >= 4 is 35.0 Å². The van der Waals surface area contributed by atoms with E-state index >= 15 is 0 Å². The van der Waals surface area contributed by atoms with E-state index in [-0.39, 0.29) is 11.7 Å². The highest BCUT2D eigenvalue weighted by Crippen LogP contribution is 2.22. The number of carbonyl (C=O) groups is 1. The first-order valence-corrected chi connectivity index (χ1v) is 11.7. The maximum Gasteiger partial charge on any atom is 0.234 e. The highest BCUT2D eigenvalue weighted by Gasteiger charge is 2.16. The van der Waals surface area contributed by atoms with E-state index < -0.39 is 5.82 Å². The molecule has 0 spiro atoms. The first-order chi connectivity index (χ1) is 16.0. The summed E-state index contributed by atoms with van der Waals surface area (Å²) in [6.07, 6.45) is 0.622. The Labute approximate surface area is 201 Å². The normalized spacial score (nSPS) is 10.9. The lowest BCUT2D eigenvalue weighted by atomic mass is 10.1. The lowest BCUT2D eigenvalue weighted by molar-refractivity contribution is -0.113. The summed E-state index contributed by atoms with van der Waals surface area (Å²) < 4.78 is 15.5. The van der Waals surface area contributed by atoms with Crippen molar-refractivity contribution in [3.8, 4) is 0 Å². The molecule has 0 saturated carbocycles. The molecule has 1 aromatic heterocycles. The van der Waals surface area contributed by atoms with E-state index in [0.717, 1.165) is 22.5 Å². The first-order valence-electron chi connectivity index (χ1n) is 10.4. The van der Waals surface area contributed by atoms with Crippen LogP contribution in [0.4, 0.5) is 10.1 Å². The van der Waals surface area contributed by atoms with Gasteiger partial charge in [-0.05, 0) is 47.9 Å². The van der Waals surface area contributed by atoms with Gasteiger partial charge in [0.05, 0.1) is 12.3 Å². The number of nitrogens with zero attached hydrogens (tertiary/aromatic N) is 3. The molecular weight excluding hydrogens is 459 g/mol. The van der Waals surface area contributed by atoms with Crippen LogP contribution in [0.15, 0.2) is 78.0 Å². The van der Waals surface area contributed by atoms with Gasteiger partial charge in [-0.2, -0.15) is 0 Å². The second-order valence-electron chi connectivity index (χ2n) is 7.57. The van der Waals surface area contributed by atoms with Gasteiger partial charge in [0, 0.05) is 17.1 Å². The fraction of sp³-hybridized carbons (Fsp3) is 0.160. The predicted octanol–water partition coefficient (Wildman–Crippen LogP) is 5.75. The monoisotopic (exact) mass is 480 g/mol. The minimum Gasteiger partial charge on any atom is -0.325 e. The van der Waals surface area contributed by atoms with Crippen molar-refractivity contribution in [1.29, 1.82) is 0 Å². The third-order valence-electron chi connectivity index (χ3n) is 5.06. The van der Waals surface area contributed by atoms with Gasteiger partial charge in [-0.25, -0.2) is 4.39 Å². The zero-order chi connectivity index (χ0) is 23.2. The van der Waals surface area contributed by atoms with Crippen LogP contribution in [0.25, 0.3) is 0 Å². The Morgan fingerprint density at radius 2 is 1.79 bits per heavy atom. The van der Waals surface area contributed by atoms with Crippen molar-refractivity contribution in [3.05, 3.63) is 106 Å². The molecule has 0 aliphatic heterocycles. The number of hydrogen-bond acceptors (Lipinski definition) is 4. The van der Waals surface area contributed by atoms with Gasteiger partial charge in [-0.3, -0.25) is 4.79 Å². The number of benzene rings is 3. The quantitative estimate of drug-likeness (QED) is 0.326. The molecular formula is C25H22ClFN4OS. The summed E-state index contributed by atoms with van der Waals surface area (Å²) in [6.45, 7) is 2.38. The second kappa shape index (κ2) is 10.6. The zero-order valence-corrected chi connectivity index (χ0v) is 19.5. The molecule has 1 N–H and O–H groups in total. The van der Waals surface area contributed by atoms with Crippen molar-refractivity contribution in [1.82, 2.24) is 14.8 Å². The fourth-order valence-corrected chi connectivity index (χ4v) is 4.19. The van der Waals surface area contributed by atoms with E-state index in [9.17, 15) is 9.18 Å². The Kier molecular flexibility index (Phi) is 7.42. The van der Waals surface area contributed by atoms with Gasteiger partial charge in [0.2, 0.25) is 5.91 Å². The van der Waals surface area contributed by atoms with Crippen molar-refractivity contribution in [2.75, 3.05) is 11.1 Å². The van der Waals surface area contributed by atoms with Gasteiger partial charge in [-0.1, -0.05) is 71.9 Å². The van der Waals surface area contributed by atoms with Crippen LogP contribution in [-0.2, 0) is 17.8 Å². The Balaban J connectivity index is 1.51. The highest BCUT2D eigenvalue weighted by atomic mass is 35.5. The molecule has 1 amide bonds. The van der Waals surface area contributed by atoms with Crippen LogP contribution < -0.4 is 5.32 Å². The number of aromatic nitrogens is 3. The topological polar surface area (TPSA) is 59.8 Å². The van der Waals surface area contributed by atoms with Gasteiger partial charge >= 0.3 is 0 Å². The first kappa shape index (κ1) is 23.0. The smallest absolute Gasteiger partial charge is 0.234 e. The SMILES string of the molecule is Cc1ccc(F)cc1NC(=O)CSc1nnc(Cc2ccccc2)n1Cc1ccc(Cl)cc1. The molecule has 0 fully saturated rings. The maximum atomic E-state index is 13.5. The highest BCUT2D eigenvalue weighted by molar-refractivity contribution is 7.99. The number of anilines is 1. The molecule has 8 heteroatoms. The number of thioether (sulfide) groups is 1. The molecule has 0 aliphatic rings. The lowest BCUT2D eigenvalue weighted by Gasteiger charge is -2.11. The number of halogens is 2. The van der Waals surface area contributed by atoms with Crippen molar-refractivity contribution < 1.29 is 9.18 Å². The van der Waals surface area contributed by atoms with E-state index in [2.05, 4.69) is 15.5 Å². The summed E-state index contributed by atoms with van der Waals surface area (Å²) in [6, 6.07) is 22.0. The molecule has 0 aliphatic carbocycles. The van der Waals surface area contributed by atoms with Crippen LogP contribution in [0.2, 0.25) is 5.02 Å². The summed E-state index contributed by atoms with van der Waals surface area (Å²) in [5, 5.41) is 12.8. The van der Waals surface area contributed by atoms with Crippen LogP contribution >= 0.6 is 23.4 Å². The molecule has 0 radical (unpaired) electrons. The molecule has 1 heterocycles. The van der Waals surface area contributed by atoms with Crippen molar-refractivity contribution in [3.63, 3.8) is 0 Å².